The third kappa shape index (κ3) is 2.36. The summed E-state index contributed by atoms with van der Waals surface area (Å²) in [4.78, 5) is 18.1. The first-order chi connectivity index (χ1) is 9.15. The predicted octanol–water partition coefficient (Wildman–Crippen LogP) is 2.21. The molecule has 0 N–H and O–H groups in total. The summed E-state index contributed by atoms with van der Waals surface area (Å²) in [5, 5.41) is 0. The van der Waals surface area contributed by atoms with Crippen LogP contribution in [0.25, 0.3) is 5.65 Å². The molecular formula is C13H13BrFN3O. The lowest BCUT2D eigenvalue weighted by Gasteiger charge is -2.14. The highest BCUT2D eigenvalue weighted by Gasteiger charge is 2.26. The summed E-state index contributed by atoms with van der Waals surface area (Å²) in [7, 11) is 0. The molecule has 2 aromatic heterocycles. The monoisotopic (exact) mass is 325 g/mol. The van der Waals surface area contributed by atoms with Gasteiger partial charge in [0, 0.05) is 12.7 Å². The summed E-state index contributed by atoms with van der Waals surface area (Å²) < 4.78 is 15.8. The summed E-state index contributed by atoms with van der Waals surface area (Å²) in [5.41, 5.74) is 1.49. The van der Waals surface area contributed by atoms with E-state index >= 15 is 0 Å². The minimum Gasteiger partial charge on any atom is -0.339 e. The van der Waals surface area contributed by atoms with Gasteiger partial charge in [0.05, 0.1) is 18.7 Å². The zero-order valence-electron chi connectivity index (χ0n) is 10.2. The SMILES string of the molecule is O=C(Cc1nc2ccccn2c1Br)N1CC[C@@H](F)C1. The number of pyridine rings is 1. The minimum atomic E-state index is -0.881. The number of carbonyl (C=O) groups excluding carboxylic acids is 1. The number of hydrogen-bond acceptors (Lipinski definition) is 2. The fourth-order valence-corrected chi connectivity index (χ4v) is 2.86. The number of aromatic nitrogens is 2. The topological polar surface area (TPSA) is 37.6 Å². The summed E-state index contributed by atoms with van der Waals surface area (Å²) >= 11 is 3.46. The molecule has 0 saturated carbocycles. The van der Waals surface area contributed by atoms with E-state index in [1.54, 1.807) is 4.90 Å². The molecule has 0 bridgehead atoms. The second-order valence-corrected chi connectivity index (χ2v) is 5.43. The first-order valence-corrected chi connectivity index (χ1v) is 6.98. The molecule has 3 rings (SSSR count). The standard InChI is InChI=1S/C13H13BrFN3O/c14-13-10(16-11-3-1-2-5-18(11)13)7-12(19)17-6-4-9(15)8-17/h1-3,5,9H,4,6-8H2/t9-/m1/s1. The van der Waals surface area contributed by atoms with E-state index in [-0.39, 0.29) is 18.9 Å². The summed E-state index contributed by atoms with van der Waals surface area (Å²) in [6.07, 6.45) is 1.65. The van der Waals surface area contributed by atoms with E-state index in [1.807, 2.05) is 28.8 Å². The molecular weight excluding hydrogens is 313 g/mol. The van der Waals surface area contributed by atoms with Crippen LogP contribution in [0, 0.1) is 0 Å². The van der Waals surface area contributed by atoms with Gasteiger partial charge in [0.25, 0.3) is 0 Å². The van der Waals surface area contributed by atoms with Crippen LogP contribution in [0.1, 0.15) is 12.1 Å². The Bertz CT molecular complexity index is 627. The van der Waals surface area contributed by atoms with Crippen molar-refractivity contribution < 1.29 is 9.18 Å². The molecule has 0 aromatic carbocycles. The van der Waals surface area contributed by atoms with E-state index in [1.165, 1.54) is 0 Å². The number of fused-ring (bicyclic) bond motifs is 1. The van der Waals surface area contributed by atoms with Crippen LogP contribution in [0.4, 0.5) is 4.39 Å². The van der Waals surface area contributed by atoms with E-state index < -0.39 is 6.17 Å². The number of likely N-dealkylation sites (tertiary alicyclic amines) is 1. The van der Waals surface area contributed by atoms with Gasteiger partial charge in [0.15, 0.2) is 0 Å². The number of imidazole rings is 1. The average Bonchev–Trinajstić information content (AvgIpc) is 2.96. The van der Waals surface area contributed by atoms with Gasteiger partial charge in [0.1, 0.15) is 16.4 Å². The highest BCUT2D eigenvalue weighted by atomic mass is 79.9. The van der Waals surface area contributed by atoms with E-state index in [4.69, 9.17) is 0 Å². The number of amides is 1. The van der Waals surface area contributed by atoms with E-state index in [2.05, 4.69) is 20.9 Å². The molecule has 3 heterocycles. The first kappa shape index (κ1) is 12.6. The molecule has 1 atom stereocenters. The van der Waals surface area contributed by atoms with Crippen molar-refractivity contribution in [1.82, 2.24) is 14.3 Å². The van der Waals surface area contributed by atoms with Crippen LogP contribution >= 0.6 is 15.9 Å². The highest BCUT2D eigenvalue weighted by molar-refractivity contribution is 9.10. The molecule has 0 unspecified atom stereocenters. The molecule has 1 aliphatic heterocycles. The van der Waals surface area contributed by atoms with Crippen LogP contribution in [0.15, 0.2) is 29.0 Å². The number of carbonyl (C=O) groups is 1. The molecule has 0 aliphatic carbocycles. The molecule has 1 fully saturated rings. The first-order valence-electron chi connectivity index (χ1n) is 6.18. The van der Waals surface area contributed by atoms with Gasteiger partial charge in [-0.15, -0.1) is 0 Å². The van der Waals surface area contributed by atoms with Crippen molar-refractivity contribution in [3.63, 3.8) is 0 Å². The van der Waals surface area contributed by atoms with Gasteiger partial charge >= 0.3 is 0 Å². The smallest absolute Gasteiger partial charge is 0.228 e. The maximum Gasteiger partial charge on any atom is 0.228 e. The number of nitrogens with zero attached hydrogens (tertiary/aromatic N) is 3. The molecule has 4 nitrogen and oxygen atoms in total. The van der Waals surface area contributed by atoms with Crippen molar-refractivity contribution in [1.29, 1.82) is 0 Å². The van der Waals surface area contributed by atoms with Crippen LogP contribution < -0.4 is 0 Å². The third-order valence-corrected chi connectivity index (χ3v) is 4.18. The molecule has 0 radical (unpaired) electrons. The Morgan fingerprint density at radius 2 is 2.37 bits per heavy atom. The quantitative estimate of drug-likeness (QED) is 0.849. The van der Waals surface area contributed by atoms with Gasteiger partial charge < -0.3 is 4.90 Å². The lowest BCUT2D eigenvalue weighted by Crippen LogP contribution is -2.30. The van der Waals surface area contributed by atoms with Gasteiger partial charge in [-0.1, -0.05) is 6.07 Å². The lowest BCUT2D eigenvalue weighted by molar-refractivity contribution is -0.129. The lowest BCUT2D eigenvalue weighted by atomic mass is 10.3. The molecule has 1 aliphatic rings. The van der Waals surface area contributed by atoms with E-state index in [0.29, 0.717) is 18.7 Å². The largest absolute Gasteiger partial charge is 0.339 e. The Morgan fingerprint density at radius 3 is 3.05 bits per heavy atom. The Balaban J connectivity index is 1.81. The van der Waals surface area contributed by atoms with Crippen molar-refractivity contribution in [2.24, 2.45) is 0 Å². The van der Waals surface area contributed by atoms with Crippen molar-refractivity contribution in [2.45, 2.75) is 19.0 Å². The molecule has 0 spiro atoms. The second-order valence-electron chi connectivity index (χ2n) is 4.68. The fourth-order valence-electron chi connectivity index (χ4n) is 2.33. The number of alkyl halides is 1. The summed E-state index contributed by atoms with van der Waals surface area (Å²) in [5.74, 6) is -0.0655. The van der Waals surface area contributed by atoms with Crippen molar-refractivity contribution in [3.8, 4) is 0 Å². The third-order valence-electron chi connectivity index (χ3n) is 3.34. The Labute approximate surface area is 118 Å². The van der Waals surface area contributed by atoms with Crippen LogP contribution in [0.2, 0.25) is 0 Å². The van der Waals surface area contributed by atoms with Gasteiger partial charge in [-0.25, -0.2) is 9.37 Å². The summed E-state index contributed by atoms with van der Waals surface area (Å²) in [6, 6.07) is 5.68. The normalized spacial score (nSPS) is 19.3. The highest BCUT2D eigenvalue weighted by Crippen LogP contribution is 2.21. The predicted molar refractivity (Wildman–Crippen MR) is 72.7 cm³/mol. The van der Waals surface area contributed by atoms with Gasteiger partial charge in [0.2, 0.25) is 5.91 Å². The van der Waals surface area contributed by atoms with Crippen LogP contribution in [-0.2, 0) is 11.2 Å². The second kappa shape index (κ2) is 4.92. The fraction of sp³-hybridized carbons (Fsp3) is 0.385. The van der Waals surface area contributed by atoms with Gasteiger partial charge in [-0.2, -0.15) is 0 Å². The molecule has 100 valence electrons. The van der Waals surface area contributed by atoms with E-state index in [0.717, 1.165) is 10.3 Å². The van der Waals surface area contributed by atoms with Crippen LogP contribution in [0.5, 0.6) is 0 Å². The zero-order chi connectivity index (χ0) is 13.4. The Hall–Kier alpha value is -1.43. The van der Waals surface area contributed by atoms with Crippen molar-refractivity contribution >= 4 is 27.5 Å². The minimum absolute atomic E-state index is 0.0655. The Kier molecular flexibility index (Phi) is 3.26. The van der Waals surface area contributed by atoms with E-state index in [9.17, 15) is 9.18 Å². The van der Waals surface area contributed by atoms with Crippen LogP contribution in [0.3, 0.4) is 0 Å². The molecule has 6 heteroatoms. The van der Waals surface area contributed by atoms with Crippen LogP contribution in [-0.4, -0.2) is 39.5 Å². The maximum absolute atomic E-state index is 13.1. The van der Waals surface area contributed by atoms with Gasteiger partial charge in [-0.3, -0.25) is 9.20 Å². The average molecular weight is 326 g/mol. The molecule has 1 saturated heterocycles. The van der Waals surface area contributed by atoms with Gasteiger partial charge in [-0.05, 0) is 34.5 Å². The Morgan fingerprint density at radius 1 is 1.53 bits per heavy atom. The zero-order valence-corrected chi connectivity index (χ0v) is 11.8. The number of rotatable bonds is 2. The summed E-state index contributed by atoms with van der Waals surface area (Å²) in [6.45, 7) is 0.717. The van der Waals surface area contributed by atoms with Crippen molar-refractivity contribution in [3.05, 3.63) is 34.7 Å². The van der Waals surface area contributed by atoms with Crippen molar-refractivity contribution in [2.75, 3.05) is 13.1 Å². The maximum atomic E-state index is 13.1. The molecule has 2 aromatic rings. The number of hydrogen-bond donors (Lipinski definition) is 0. The molecule has 19 heavy (non-hydrogen) atoms. The number of halogens is 2. The molecule has 1 amide bonds.